The first-order valence-corrected chi connectivity index (χ1v) is 6.44. The van der Waals surface area contributed by atoms with Gasteiger partial charge in [0.05, 0.1) is 12.7 Å². The predicted molar refractivity (Wildman–Crippen MR) is 69.7 cm³/mol. The molecule has 0 bridgehead atoms. The molecule has 0 N–H and O–H groups in total. The van der Waals surface area contributed by atoms with Crippen LogP contribution in [0, 0.1) is 5.82 Å². The number of anilines is 1. The molecule has 116 valence electrons. The van der Waals surface area contributed by atoms with E-state index >= 15 is 0 Å². The molecule has 8 heteroatoms. The highest BCUT2D eigenvalue weighted by Gasteiger charge is 2.35. The molecule has 2 rings (SSSR count). The average Bonchev–Trinajstić information content (AvgIpc) is 2.46. The molecule has 2 heterocycles. The van der Waals surface area contributed by atoms with E-state index in [9.17, 15) is 18.0 Å². The predicted octanol–water partition coefficient (Wildman–Crippen LogP) is 2.09. The summed E-state index contributed by atoms with van der Waals surface area (Å²) in [5.41, 5.74) is 0.0305. The first-order chi connectivity index (χ1) is 9.84. The van der Waals surface area contributed by atoms with Gasteiger partial charge >= 0.3 is 0 Å². The zero-order valence-corrected chi connectivity index (χ0v) is 11.8. The fourth-order valence-corrected chi connectivity index (χ4v) is 2.09. The molecule has 5 nitrogen and oxygen atoms in total. The Bertz CT molecular complexity index is 529. The van der Waals surface area contributed by atoms with Gasteiger partial charge in [-0.25, -0.2) is 23.2 Å². The van der Waals surface area contributed by atoms with Crippen LogP contribution < -0.4 is 4.90 Å². The van der Waals surface area contributed by atoms with Crippen molar-refractivity contribution < 1.29 is 22.8 Å². The van der Waals surface area contributed by atoms with Crippen LogP contribution in [0.1, 0.15) is 23.2 Å². The maximum absolute atomic E-state index is 14.1. The maximum atomic E-state index is 14.1. The Kier molecular flexibility index (Phi) is 4.36. The molecule has 0 aromatic carbocycles. The van der Waals surface area contributed by atoms with Crippen molar-refractivity contribution in [1.82, 2.24) is 10.0 Å². The van der Waals surface area contributed by atoms with Crippen molar-refractivity contribution in [1.29, 1.82) is 0 Å². The molecule has 0 unspecified atom stereocenters. The quantitative estimate of drug-likeness (QED) is 0.802. The molecule has 21 heavy (non-hydrogen) atoms. The molecule has 1 fully saturated rings. The lowest BCUT2D eigenvalue weighted by Crippen LogP contribution is -2.40. The van der Waals surface area contributed by atoms with E-state index in [1.54, 1.807) is 0 Å². The largest absolute Gasteiger partial charge is 0.354 e. The molecule has 0 atom stereocenters. The summed E-state index contributed by atoms with van der Waals surface area (Å²) in [4.78, 5) is 21.8. The number of pyridine rings is 1. The summed E-state index contributed by atoms with van der Waals surface area (Å²) in [5.74, 6) is -3.97. The van der Waals surface area contributed by atoms with Gasteiger partial charge in [-0.2, -0.15) is 0 Å². The van der Waals surface area contributed by atoms with Gasteiger partial charge in [0.15, 0.2) is 11.6 Å². The van der Waals surface area contributed by atoms with Crippen molar-refractivity contribution in [3.8, 4) is 0 Å². The second-order valence-electron chi connectivity index (χ2n) is 4.86. The Balaban J connectivity index is 2.15. The van der Waals surface area contributed by atoms with E-state index in [-0.39, 0.29) is 37.3 Å². The molecule has 0 saturated carbocycles. The fourth-order valence-electron chi connectivity index (χ4n) is 2.09. The smallest absolute Gasteiger partial charge is 0.278 e. The van der Waals surface area contributed by atoms with Crippen LogP contribution >= 0.6 is 0 Å². The van der Waals surface area contributed by atoms with E-state index in [4.69, 9.17) is 4.84 Å². The molecular formula is C13H16F3N3O2. The lowest BCUT2D eigenvalue weighted by atomic mass is 10.1. The number of rotatable bonds is 3. The lowest BCUT2D eigenvalue weighted by Gasteiger charge is -2.32. The van der Waals surface area contributed by atoms with Crippen molar-refractivity contribution in [3.63, 3.8) is 0 Å². The van der Waals surface area contributed by atoms with E-state index in [1.807, 2.05) is 0 Å². The topological polar surface area (TPSA) is 45.7 Å². The number of amides is 1. The summed E-state index contributed by atoms with van der Waals surface area (Å²) < 4.78 is 40.2. The zero-order chi connectivity index (χ0) is 15.6. The molecule has 1 aliphatic rings. The summed E-state index contributed by atoms with van der Waals surface area (Å²) in [5, 5.41) is 0.942. The van der Waals surface area contributed by atoms with Gasteiger partial charge in [0, 0.05) is 39.2 Å². The van der Waals surface area contributed by atoms with Gasteiger partial charge in [0.2, 0.25) is 0 Å². The van der Waals surface area contributed by atoms with Gasteiger partial charge in [0.1, 0.15) is 0 Å². The van der Waals surface area contributed by atoms with Crippen LogP contribution in [-0.2, 0) is 4.84 Å². The molecule has 1 saturated heterocycles. The molecule has 0 spiro atoms. The number of alkyl halides is 2. The minimum Gasteiger partial charge on any atom is -0.354 e. The molecular weight excluding hydrogens is 287 g/mol. The van der Waals surface area contributed by atoms with Gasteiger partial charge < -0.3 is 4.90 Å². The minimum absolute atomic E-state index is 0.0119. The highest BCUT2D eigenvalue weighted by Crippen LogP contribution is 2.30. The van der Waals surface area contributed by atoms with Crippen molar-refractivity contribution >= 4 is 11.7 Å². The number of piperidine rings is 1. The fraction of sp³-hybridized carbons (Fsp3) is 0.538. The highest BCUT2D eigenvalue weighted by molar-refractivity contribution is 5.93. The minimum atomic E-state index is -2.70. The summed E-state index contributed by atoms with van der Waals surface area (Å²) in [6.07, 6.45) is 0.547. The first-order valence-electron chi connectivity index (χ1n) is 6.44. The second-order valence-corrected chi connectivity index (χ2v) is 4.86. The van der Waals surface area contributed by atoms with E-state index < -0.39 is 17.6 Å². The number of carbonyl (C=O) groups is 1. The molecule has 0 radical (unpaired) electrons. The Morgan fingerprint density at radius 2 is 2.05 bits per heavy atom. The van der Waals surface area contributed by atoms with Crippen LogP contribution in [0.15, 0.2) is 12.3 Å². The van der Waals surface area contributed by atoms with E-state index in [0.717, 1.165) is 11.1 Å². The lowest BCUT2D eigenvalue weighted by molar-refractivity contribution is -0.0757. The van der Waals surface area contributed by atoms with Crippen LogP contribution in [-0.4, -0.2) is 49.1 Å². The van der Waals surface area contributed by atoms with E-state index in [0.29, 0.717) is 0 Å². The normalized spacial score (nSPS) is 17.7. The van der Waals surface area contributed by atoms with Crippen molar-refractivity contribution in [2.24, 2.45) is 0 Å². The number of halogens is 3. The summed E-state index contributed by atoms with van der Waals surface area (Å²) in [6.45, 7) is 0.0599. The Morgan fingerprint density at radius 1 is 1.43 bits per heavy atom. The standard InChI is InChI=1S/C13H16F3N3O2/c1-18(21-2)12(20)9-7-10(14)11(17-8-9)19-5-3-13(15,16)4-6-19/h7-8H,3-6H2,1-2H3. The van der Waals surface area contributed by atoms with Crippen LogP contribution in [0.25, 0.3) is 0 Å². The summed E-state index contributed by atoms with van der Waals surface area (Å²) >= 11 is 0. The zero-order valence-electron chi connectivity index (χ0n) is 11.8. The SMILES string of the molecule is CON(C)C(=O)c1cnc(N2CCC(F)(F)CC2)c(F)c1. The number of nitrogens with zero attached hydrogens (tertiary/aromatic N) is 3. The highest BCUT2D eigenvalue weighted by atomic mass is 19.3. The maximum Gasteiger partial charge on any atom is 0.278 e. The molecule has 1 aromatic heterocycles. The Hall–Kier alpha value is -1.83. The van der Waals surface area contributed by atoms with E-state index in [1.165, 1.54) is 25.3 Å². The monoisotopic (exact) mass is 303 g/mol. The van der Waals surface area contributed by atoms with Gasteiger partial charge in [-0.15, -0.1) is 0 Å². The van der Waals surface area contributed by atoms with Crippen LogP contribution in [0.2, 0.25) is 0 Å². The molecule has 1 aromatic rings. The van der Waals surface area contributed by atoms with Crippen LogP contribution in [0.4, 0.5) is 19.0 Å². The Labute approximate surface area is 120 Å². The van der Waals surface area contributed by atoms with Gasteiger partial charge in [-0.05, 0) is 6.07 Å². The van der Waals surface area contributed by atoms with Crippen molar-refractivity contribution in [3.05, 3.63) is 23.6 Å². The van der Waals surface area contributed by atoms with E-state index in [2.05, 4.69) is 4.98 Å². The van der Waals surface area contributed by atoms with Crippen molar-refractivity contribution in [2.45, 2.75) is 18.8 Å². The first kappa shape index (κ1) is 15.6. The molecule has 1 amide bonds. The average molecular weight is 303 g/mol. The second kappa shape index (κ2) is 5.88. The number of hydrogen-bond acceptors (Lipinski definition) is 4. The van der Waals surface area contributed by atoms with Gasteiger partial charge in [0.25, 0.3) is 11.8 Å². The third kappa shape index (κ3) is 3.44. The van der Waals surface area contributed by atoms with Crippen molar-refractivity contribution in [2.75, 3.05) is 32.1 Å². The molecule has 0 aliphatic carbocycles. The van der Waals surface area contributed by atoms with Crippen LogP contribution in [0.5, 0.6) is 0 Å². The summed E-state index contributed by atoms with van der Waals surface area (Å²) in [6, 6.07) is 1.03. The van der Waals surface area contributed by atoms with Gasteiger partial charge in [-0.1, -0.05) is 0 Å². The number of aromatic nitrogens is 1. The van der Waals surface area contributed by atoms with Crippen LogP contribution in [0.3, 0.4) is 0 Å². The third-order valence-corrected chi connectivity index (χ3v) is 3.42. The number of hydroxylamine groups is 2. The van der Waals surface area contributed by atoms with Gasteiger partial charge in [-0.3, -0.25) is 9.63 Å². The molecule has 1 aliphatic heterocycles. The summed E-state index contributed by atoms with van der Waals surface area (Å²) in [7, 11) is 2.70. The third-order valence-electron chi connectivity index (χ3n) is 3.42. The Morgan fingerprint density at radius 3 is 2.57 bits per heavy atom. The number of carbonyl (C=O) groups excluding carboxylic acids is 1. The number of hydrogen-bond donors (Lipinski definition) is 0.